The lowest BCUT2D eigenvalue weighted by Crippen LogP contribution is -2.27. The van der Waals surface area contributed by atoms with Gasteiger partial charge in [-0.2, -0.15) is 0 Å². The largest absolute Gasteiger partial charge is 0.489 e. The van der Waals surface area contributed by atoms with E-state index in [-0.39, 0.29) is 16.8 Å². The van der Waals surface area contributed by atoms with Gasteiger partial charge in [-0.15, -0.1) is 0 Å². The van der Waals surface area contributed by atoms with Crippen LogP contribution in [0.3, 0.4) is 0 Å². The molecule has 0 spiro atoms. The molecule has 3 aromatic carbocycles. The van der Waals surface area contributed by atoms with Gasteiger partial charge in [0.25, 0.3) is 11.1 Å². The highest BCUT2D eigenvalue weighted by Gasteiger charge is 2.35. The number of rotatable bonds is 6. The van der Waals surface area contributed by atoms with Crippen LogP contribution in [0.2, 0.25) is 5.02 Å². The van der Waals surface area contributed by atoms with Crippen LogP contribution in [0.4, 0.5) is 9.18 Å². The topological polar surface area (TPSA) is 46.6 Å². The summed E-state index contributed by atoms with van der Waals surface area (Å²) in [7, 11) is 0. The lowest BCUT2D eigenvalue weighted by atomic mass is 10.2. The summed E-state index contributed by atoms with van der Waals surface area (Å²) in [6.07, 6.45) is 1.66. The van der Waals surface area contributed by atoms with Crippen LogP contribution >= 0.6 is 23.4 Å². The van der Waals surface area contributed by atoms with E-state index >= 15 is 0 Å². The zero-order chi connectivity index (χ0) is 21.8. The van der Waals surface area contributed by atoms with E-state index in [9.17, 15) is 14.0 Å². The number of hydrogen-bond donors (Lipinski definition) is 0. The monoisotopic (exact) mass is 453 g/mol. The summed E-state index contributed by atoms with van der Waals surface area (Å²) in [5.74, 6) is -0.168. The van der Waals surface area contributed by atoms with Crippen molar-refractivity contribution in [1.82, 2.24) is 4.90 Å². The molecule has 4 rings (SSSR count). The minimum absolute atomic E-state index is 0.00656. The number of hydrogen-bond acceptors (Lipinski definition) is 4. The summed E-state index contributed by atoms with van der Waals surface area (Å²) in [5, 5.41) is -0.214. The number of thioether (sulfide) groups is 1. The first-order chi connectivity index (χ1) is 15.0. The second-order valence-electron chi connectivity index (χ2n) is 6.85. The standard InChI is InChI=1S/C24H17ClFNO3S/c25-21-13-19(26)9-8-18(21)14-27-23(28)22(31-24(27)29)12-16-6-10-20(11-7-16)30-15-17-4-2-1-3-5-17/h1-13H,14-15H2/b22-12+. The van der Waals surface area contributed by atoms with Crippen LogP contribution in [0.25, 0.3) is 6.08 Å². The fourth-order valence-electron chi connectivity index (χ4n) is 3.01. The van der Waals surface area contributed by atoms with Gasteiger partial charge in [0.05, 0.1) is 11.4 Å². The van der Waals surface area contributed by atoms with E-state index in [1.54, 1.807) is 6.08 Å². The molecule has 0 radical (unpaired) electrons. The number of halogens is 2. The maximum atomic E-state index is 13.2. The summed E-state index contributed by atoms with van der Waals surface area (Å²) in [4.78, 5) is 26.5. The molecule has 31 heavy (non-hydrogen) atoms. The maximum Gasteiger partial charge on any atom is 0.293 e. The molecule has 0 aromatic heterocycles. The predicted octanol–water partition coefficient (Wildman–Crippen LogP) is 6.29. The molecular formula is C24H17ClFNO3S. The highest BCUT2D eigenvalue weighted by Crippen LogP contribution is 2.34. The molecule has 0 aliphatic carbocycles. The first-order valence-electron chi connectivity index (χ1n) is 9.46. The van der Waals surface area contributed by atoms with E-state index in [2.05, 4.69) is 0 Å². The Morgan fingerprint density at radius 2 is 1.74 bits per heavy atom. The molecule has 1 fully saturated rings. The number of ether oxygens (including phenoxy) is 1. The molecule has 0 bridgehead atoms. The molecule has 7 heteroatoms. The molecule has 1 aliphatic rings. The number of nitrogens with zero attached hydrogens (tertiary/aromatic N) is 1. The van der Waals surface area contributed by atoms with Crippen molar-refractivity contribution >= 4 is 40.6 Å². The van der Waals surface area contributed by atoms with E-state index in [0.717, 1.165) is 33.9 Å². The van der Waals surface area contributed by atoms with Crippen LogP contribution in [-0.2, 0) is 17.9 Å². The van der Waals surface area contributed by atoms with Gasteiger partial charge < -0.3 is 4.74 Å². The van der Waals surface area contributed by atoms with Crippen molar-refractivity contribution in [2.75, 3.05) is 0 Å². The number of imide groups is 1. The number of amides is 2. The Morgan fingerprint density at radius 1 is 1.00 bits per heavy atom. The van der Waals surface area contributed by atoms with E-state index in [1.165, 1.54) is 12.1 Å². The molecular weight excluding hydrogens is 437 g/mol. The third kappa shape index (κ3) is 5.16. The van der Waals surface area contributed by atoms with Crippen LogP contribution in [0.1, 0.15) is 16.7 Å². The Balaban J connectivity index is 1.42. The molecule has 156 valence electrons. The maximum absolute atomic E-state index is 13.2. The lowest BCUT2D eigenvalue weighted by molar-refractivity contribution is -0.123. The molecule has 1 saturated heterocycles. The molecule has 1 heterocycles. The van der Waals surface area contributed by atoms with Crippen molar-refractivity contribution in [3.05, 3.63) is 105 Å². The van der Waals surface area contributed by atoms with Crippen molar-refractivity contribution in [2.24, 2.45) is 0 Å². The Kier molecular flexibility index (Phi) is 6.39. The number of carbonyl (C=O) groups excluding carboxylic acids is 2. The van der Waals surface area contributed by atoms with Crippen molar-refractivity contribution in [2.45, 2.75) is 13.2 Å². The SMILES string of the molecule is O=C1S/C(=C/c2ccc(OCc3ccccc3)cc2)C(=O)N1Cc1ccc(F)cc1Cl. The van der Waals surface area contributed by atoms with Gasteiger partial charge in [-0.3, -0.25) is 14.5 Å². The van der Waals surface area contributed by atoms with Gasteiger partial charge in [0.1, 0.15) is 18.2 Å². The molecule has 0 atom stereocenters. The Morgan fingerprint density at radius 3 is 2.45 bits per heavy atom. The summed E-state index contributed by atoms with van der Waals surface area (Å²) in [5.41, 5.74) is 2.35. The summed E-state index contributed by atoms with van der Waals surface area (Å²) in [6, 6.07) is 21.0. The lowest BCUT2D eigenvalue weighted by Gasteiger charge is -2.13. The van der Waals surface area contributed by atoms with Gasteiger partial charge in [-0.1, -0.05) is 60.1 Å². The quantitative estimate of drug-likeness (QED) is 0.411. The Labute approximate surface area is 188 Å². The van der Waals surface area contributed by atoms with Gasteiger partial charge in [-0.25, -0.2) is 4.39 Å². The van der Waals surface area contributed by atoms with E-state index in [4.69, 9.17) is 16.3 Å². The summed E-state index contributed by atoms with van der Waals surface area (Å²) >= 11 is 6.89. The molecule has 3 aromatic rings. The molecule has 1 aliphatic heterocycles. The average Bonchev–Trinajstić information content (AvgIpc) is 3.03. The van der Waals surface area contributed by atoms with Crippen LogP contribution in [-0.4, -0.2) is 16.0 Å². The summed E-state index contributed by atoms with van der Waals surface area (Å²) in [6.45, 7) is 0.457. The molecule has 0 unspecified atom stereocenters. The van der Waals surface area contributed by atoms with Gasteiger partial charge in [-0.05, 0) is 58.8 Å². The van der Waals surface area contributed by atoms with Gasteiger partial charge in [0.15, 0.2) is 0 Å². The van der Waals surface area contributed by atoms with Gasteiger partial charge in [0.2, 0.25) is 0 Å². The zero-order valence-electron chi connectivity index (χ0n) is 16.3. The number of benzene rings is 3. The summed E-state index contributed by atoms with van der Waals surface area (Å²) < 4.78 is 19.0. The highest BCUT2D eigenvalue weighted by atomic mass is 35.5. The van der Waals surface area contributed by atoms with Crippen molar-refractivity contribution in [3.63, 3.8) is 0 Å². The van der Waals surface area contributed by atoms with Crippen LogP contribution in [0.5, 0.6) is 5.75 Å². The molecule has 4 nitrogen and oxygen atoms in total. The average molecular weight is 454 g/mol. The zero-order valence-corrected chi connectivity index (χ0v) is 17.8. The minimum atomic E-state index is -0.473. The third-order valence-corrected chi connectivity index (χ3v) is 5.90. The van der Waals surface area contributed by atoms with Crippen LogP contribution in [0.15, 0.2) is 77.7 Å². The molecule has 0 N–H and O–H groups in total. The van der Waals surface area contributed by atoms with Crippen molar-refractivity contribution in [3.8, 4) is 5.75 Å². The Hall–Kier alpha value is -3.09. The van der Waals surface area contributed by atoms with Crippen LogP contribution < -0.4 is 4.74 Å². The van der Waals surface area contributed by atoms with Crippen LogP contribution in [0, 0.1) is 5.82 Å². The normalized spacial score (nSPS) is 15.0. The number of carbonyl (C=O) groups is 2. The predicted molar refractivity (Wildman–Crippen MR) is 120 cm³/mol. The first-order valence-corrected chi connectivity index (χ1v) is 10.6. The molecule has 0 saturated carbocycles. The van der Waals surface area contributed by atoms with Crippen molar-refractivity contribution in [1.29, 1.82) is 0 Å². The second kappa shape index (κ2) is 9.37. The van der Waals surface area contributed by atoms with Gasteiger partial charge in [0, 0.05) is 5.02 Å². The minimum Gasteiger partial charge on any atom is -0.489 e. The first kappa shape index (κ1) is 21.2. The fourth-order valence-corrected chi connectivity index (χ4v) is 4.07. The highest BCUT2D eigenvalue weighted by molar-refractivity contribution is 8.18. The van der Waals surface area contributed by atoms with E-state index < -0.39 is 11.7 Å². The second-order valence-corrected chi connectivity index (χ2v) is 8.25. The smallest absolute Gasteiger partial charge is 0.293 e. The van der Waals surface area contributed by atoms with E-state index in [0.29, 0.717) is 22.8 Å². The van der Waals surface area contributed by atoms with Crippen molar-refractivity contribution < 1.29 is 18.7 Å². The fraction of sp³-hybridized carbons (Fsp3) is 0.0833. The van der Waals surface area contributed by atoms with E-state index in [1.807, 2.05) is 54.6 Å². The molecule has 2 amide bonds. The Bertz CT molecular complexity index is 1150. The van der Waals surface area contributed by atoms with Gasteiger partial charge >= 0.3 is 0 Å². The third-order valence-electron chi connectivity index (χ3n) is 4.64.